The number of ether oxygens (including phenoxy) is 1. The number of anilines is 1. The molecular weight excluding hydrogens is 216 g/mol. The molecule has 5 nitrogen and oxygen atoms in total. The summed E-state index contributed by atoms with van der Waals surface area (Å²) in [4.78, 5) is 10.7. The van der Waals surface area contributed by atoms with Crippen molar-refractivity contribution in [3.8, 4) is 6.07 Å². The Morgan fingerprint density at radius 1 is 1.59 bits per heavy atom. The van der Waals surface area contributed by atoms with E-state index in [-0.39, 0.29) is 6.10 Å². The van der Waals surface area contributed by atoms with Gasteiger partial charge in [-0.15, -0.1) is 0 Å². The summed E-state index contributed by atoms with van der Waals surface area (Å²) in [5.41, 5.74) is 1.25. The molecule has 90 valence electrons. The molecule has 0 spiro atoms. The van der Waals surface area contributed by atoms with Gasteiger partial charge in [-0.25, -0.2) is 9.97 Å². The van der Waals surface area contributed by atoms with Crippen LogP contribution in [-0.4, -0.2) is 35.8 Å². The largest absolute Gasteiger partial charge is 0.375 e. The first kappa shape index (κ1) is 11.8. The van der Waals surface area contributed by atoms with Gasteiger partial charge in [-0.2, -0.15) is 5.26 Å². The van der Waals surface area contributed by atoms with Crippen LogP contribution in [0.4, 0.5) is 5.95 Å². The molecule has 5 heteroatoms. The molecule has 0 N–H and O–H groups in total. The number of aryl methyl sites for hydroxylation is 1. The van der Waals surface area contributed by atoms with E-state index in [1.165, 1.54) is 0 Å². The molecule has 0 amide bonds. The molecule has 0 radical (unpaired) electrons. The summed E-state index contributed by atoms with van der Waals surface area (Å²) in [5, 5.41) is 8.90. The predicted octanol–water partition coefficient (Wildman–Crippen LogP) is 1.27. The minimum absolute atomic E-state index is 0.235. The summed E-state index contributed by atoms with van der Waals surface area (Å²) in [6.45, 7) is 6.25. The number of hydrogen-bond donors (Lipinski definition) is 0. The highest BCUT2D eigenvalue weighted by atomic mass is 16.5. The van der Waals surface area contributed by atoms with Gasteiger partial charge in [-0.3, -0.25) is 0 Å². The molecule has 1 atom stereocenters. The average Bonchev–Trinajstić information content (AvgIpc) is 2.38. The van der Waals surface area contributed by atoms with Crippen molar-refractivity contribution in [1.29, 1.82) is 5.26 Å². The first-order valence-corrected chi connectivity index (χ1v) is 5.85. The molecule has 0 bridgehead atoms. The summed E-state index contributed by atoms with van der Waals surface area (Å²) < 4.78 is 5.60. The third kappa shape index (κ3) is 2.71. The second kappa shape index (κ2) is 5.11. The maximum absolute atomic E-state index is 8.90. The third-order valence-electron chi connectivity index (χ3n) is 2.83. The van der Waals surface area contributed by atoms with Crippen molar-refractivity contribution in [2.24, 2.45) is 0 Å². The average molecular weight is 232 g/mol. The van der Waals surface area contributed by atoms with Gasteiger partial charge in [0.2, 0.25) is 5.95 Å². The normalized spacial score (nSPS) is 20.1. The molecule has 1 unspecified atom stereocenters. The predicted molar refractivity (Wildman–Crippen MR) is 63.7 cm³/mol. The van der Waals surface area contributed by atoms with Crippen molar-refractivity contribution in [2.75, 3.05) is 24.6 Å². The highest BCUT2D eigenvalue weighted by Crippen LogP contribution is 2.15. The van der Waals surface area contributed by atoms with E-state index < -0.39 is 0 Å². The van der Waals surface area contributed by atoms with Crippen molar-refractivity contribution < 1.29 is 4.74 Å². The molecule has 2 heterocycles. The second-order valence-corrected chi connectivity index (χ2v) is 4.15. The Hall–Kier alpha value is -1.67. The number of aromatic nitrogens is 2. The summed E-state index contributed by atoms with van der Waals surface area (Å²) in [6, 6.07) is 3.76. The van der Waals surface area contributed by atoms with Gasteiger partial charge in [0.25, 0.3) is 0 Å². The van der Waals surface area contributed by atoms with E-state index in [1.54, 1.807) is 6.07 Å². The van der Waals surface area contributed by atoms with E-state index in [0.29, 0.717) is 18.2 Å². The molecule has 1 aromatic heterocycles. The quantitative estimate of drug-likeness (QED) is 0.768. The van der Waals surface area contributed by atoms with E-state index in [9.17, 15) is 0 Å². The number of rotatable bonds is 2. The molecule has 0 saturated carbocycles. The van der Waals surface area contributed by atoms with Crippen LogP contribution in [0.15, 0.2) is 6.07 Å². The van der Waals surface area contributed by atoms with Crippen LogP contribution in [0.2, 0.25) is 0 Å². The van der Waals surface area contributed by atoms with Gasteiger partial charge in [-0.05, 0) is 19.4 Å². The Labute approximate surface area is 101 Å². The van der Waals surface area contributed by atoms with Gasteiger partial charge < -0.3 is 9.64 Å². The lowest BCUT2D eigenvalue weighted by atomic mass is 10.2. The smallest absolute Gasteiger partial charge is 0.226 e. The molecule has 2 rings (SSSR count). The Morgan fingerprint density at radius 3 is 3.12 bits per heavy atom. The standard InChI is InChI=1S/C12H16N4O/c1-3-11-8-16(4-5-17-11)12-14-9(2)6-10(7-13)15-12/h6,11H,3-5,8H2,1-2H3. The fraction of sp³-hybridized carbons (Fsp3) is 0.583. The van der Waals surface area contributed by atoms with Crippen molar-refractivity contribution in [3.63, 3.8) is 0 Å². The third-order valence-corrected chi connectivity index (χ3v) is 2.83. The zero-order valence-electron chi connectivity index (χ0n) is 10.2. The molecule has 1 fully saturated rings. The first-order chi connectivity index (χ1) is 8.22. The molecule has 17 heavy (non-hydrogen) atoms. The van der Waals surface area contributed by atoms with E-state index >= 15 is 0 Å². The number of morpholine rings is 1. The SMILES string of the molecule is CCC1CN(c2nc(C)cc(C#N)n2)CCO1. The molecule has 1 aliphatic heterocycles. The zero-order valence-corrected chi connectivity index (χ0v) is 10.2. The van der Waals surface area contributed by atoms with Gasteiger partial charge in [0.1, 0.15) is 11.8 Å². The van der Waals surface area contributed by atoms with E-state index in [4.69, 9.17) is 10.00 Å². The van der Waals surface area contributed by atoms with Crippen molar-refractivity contribution in [2.45, 2.75) is 26.4 Å². The van der Waals surface area contributed by atoms with Crippen LogP contribution >= 0.6 is 0 Å². The van der Waals surface area contributed by atoms with Gasteiger partial charge in [0, 0.05) is 18.8 Å². The van der Waals surface area contributed by atoms with Gasteiger partial charge in [0.05, 0.1) is 12.7 Å². The lowest BCUT2D eigenvalue weighted by Crippen LogP contribution is -2.43. The maximum Gasteiger partial charge on any atom is 0.226 e. The van der Waals surface area contributed by atoms with E-state index in [0.717, 1.165) is 25.2 Å². The number of nitrogens with zero attached hydrogens (tertiary/aromatic N) is 4. The Bertz CT molecular complexity index is 441. The fourth-order valence-electron chi connectivity index (χ4n) is 1.90. The summed E-state index contributed by atoms with van der Waals surface area (Å²) in [5.74, 6) is 0.642. The van der Waals surface area contributed by atoms with Crippen LogP contribution in [0, 0.1) is 18.3 Å². The molecule has 1 aromatic rings. The zero-order chi connectivity index (χ0) is 12.3. The van der Waals surface area contributed by atoms with Crippen LogP contribution in [0.1, 0.15) is 24.7 Å². The van der Waals surface area contributed by atoms with Crippen LogP contribution in [0.3, 0.4) is 0 Å². The highest BCUT2D eigenvalue weighted by Gasteiger charge is 2.21. The van der Waals surface area contributed by atoms with Gasteiger partial charge >= 0.3 is 0 Å². The molecule has 0 aliphatic carbocycles. The molecule has 1 saturated heterocycles. The number of hydrogen-bond acceptors (Lipinski definition) is 5. The van der Waals surface area contributed by atoms with E-state index in [2.05, 4.69) is 27.9 Å². The number of nitriles is 1. The summed E-state index contributed by atoms with van der Waals surface area (Å²) in [7, 11) is 0. The maximum atomic E-state index is 8.90. The van der Waals surface area contributed by atoms with Crippen LogP contribution in [-0.2, 0) is 4.74 Å². The summed E-state index contributed by atoms with van der Waals surface area (Å²) >= 11 is 0. The summed E-state index contributed by atoms with van der Waals surface area (Å²) in [6.07, 6.45) is 1.21. The van der Waals surface area contributed by atoms with Crippen molar-refractivity contribution in [3.05, 3.63) is 17.5 Å². The monoisotopic (exact) mass is 232 g/mol. The van der Waals surface area contributed by atoms with Crippen molar-refractivity contribution in [1.82, 2.24) is 9.97 Å². The lowest BCUT2D eigenvalue weighted by molar-refractivity contribution is 0.0378. The van der Waals surface area contributed by atoms with Crippen LogP contribution in [0.5, 0.6) is 0 Å². The van der Waals surface area contributed by atoms with E-state index in [1.807, 2.05) is 6.92 Å². The second-order valence-electron chi connectivity index (χ2n) is 4.15. The van der Waals surface area contributed by atoms with Crippen LogP contribution in [0.25, 0.3) is 0 Å². The van der Waals surface area contributed by atoms with Crippen molar-refractivity contribution >= 4 is 5.95 Å². The van der Waals surface area contributed by atoms with Gasteiger partial charge in [0.15, 0.2) is 0 Å². The molecular formula is C12H16N4O. The Balaban J connectivity index is 2.21. The minimum Gasteiger partial charge on any atom is -0.375 e. The van der Waals surface area contributed by atoms with Gasteiger partial charge in [-0.1, -0.05) is 6.92 Å². The Kier molecular flexibility index (Phi) is 3.55. The first-order valence-electron chi connectivity index (χ1n) is 5.85. The highest BCUT2D eigenvalue weighted by molar-refractivity contribution is 5.36. The van der Waals surface area contributed by atoms with Crippen LogP contribution < -0.4 is 4.90 Å². The Morgan fingerprint density at radius 2 is 2.41 bits per heavy atom. The lowest BCUT2D eigenvalue weighted by Gasteiger charge is -2.32. The topological polar surface area (TPSA) is 62.0 Å². The molecule has 0 aromatic carbocycles. The molecule has 1 aliphatic rings. The minimum atomic E-state index is 0.235. The fourth-order valence-corrected chi connectivity index (χ4v) is 1.90.